The van der Waals surface area contributed by atoms with Crippen LogP contribution in [0.5, 0.6) is 0 Å². The van der Waals surface area contributed by atoms with Crippen LogP contribution < -0.4 is 26.9 Å². The minimum absolute atomic E-state index is 0. The Morgan fingerprint density at radius 3 is 1.45 bits per heavy atom. The lowest BCUT2D eigenvalue weighted by atomic mass is 9.81. The molecule has 14 heteroatoms. The van der Waals surface area contributed by atoms with E-state index in [4.69, 9.17) is 9.47 Å². The Labute approximate surface area is 363 Å². The molecule has 0 amide bonds. The molecule has 0 aliphatic carbocycles. The van der Waals surface area contributed by atoms with Crippen molar-refractivity contribution in [2.75, 3.05) is 0 Å². The van der Waals surface area contributed by atoms with E-state index in [0.717, 1.165) is 19.4 Å². The molecule has 0 fully saturated rings. The molecule has 316 valence electrons. The Hall–Kier alpha value is -4.43. The van der Waals surface area contributed by atoms with Gasteiger partial charge in [0.2, 0.25) is 0 Å². The van der Waals surface area contributed by atoms with Crippen molar-refractivity contribution in [3.05, 3.63) is 133 Å². The summed E-state index contributed by atoms with van der Waals surface area (Å²) in [6.07, 6.45) is 21.9. The second-order valence-corrected chi connectivity index (χ2v) is 14.6. The quantitative estimate of drug-likeness (QED) is 0.0315. The van der Waals surface area contributed by atoms with Crippen LogP contribution in [0.2, 0.25) is 0 Å². The number of nitrogens with zero attached hydrogens (tertiary/aromatic N) is 3. The largest absolute Gasteiger partial charge is 1.00 e. The van der Waals surface area contributed by atoms with Crippen molar-refractivity contribution in [1.82, 2.24) is 5.32 Å². The van der Waals surface area contributed by atoms with Crippen molar-refractivity contribution in [3.8, 4) is 0 Å². The van der Waals surface area contributed by atoms with E-state index in [0.29, 0.717) is 28.1 Å². The molecule has 1 aliphatic rings. The van der Waals surface area contributed by atoms with Gasteiger partial charge in [0, 0.05) is 53.7 Å². The molecule has 12 nitrogen and oxygen atoms in total. The first-order valence-electron chi connectivity index (χ1n) is 20.1. The summed E-state index contributed by atoms with van der Waals surface area (Å²) in [7, 11) is 0. The number of unbranched alkanes of at least 4 members (excludes halogenated alkanes) is 13. The van der Waals surface area contributed by atoms with Crippen LogP contribution in [0, 0.1) is 20.2 Å². The first-order chi connectivity index (χ1) is 27.1. The third kappa shape index (κ3) is 15.7. The Morgan fingerprint density at radius 2 is 1.05 bits per heavy atom. The van der Waals surface area contributed by atoms with E-state index in [1.165, 1.54) is 126 Å². The molecular formula is C44H58Br2N4O8. The number of aryl methyl sites for hydroxylation is 1. The molecule has 0 radical (unpaired) electrons. The monoisotopic (exact) mass is 928 g/mol. The zero-order chi connectivity index (χ0) is 40.3. The van der Waals surface area contributed by atoms with E-state index in [-0.39, 0.29) is 69.7 Å². The smallest absolute Gasteiger partial charge is 0.337 e. The SMILES string of the molecule is Br.CCCCCCCCCCCCCCCC[n+]1cccc(C2C(C(=O)OCc3ccc([N+](=O)[O-])cc3)=C(C)NC(C)=C2C(=O)OCc2ccc([N+](=O)[O-])cc2)c1.[Br-]. The van der Waals surface area contributed by atoms with Gasteiger partial charge in [0.25, 0.3) is 11.4 Å². The summed E-state index contributed by atoms with van der Waals surface area (Å²) in [5.74, 6) is -2.11. The summed E-state index contributed by atoms with van der Waals surface area (Å²) in [6.45, 7) is 6.29. The maximum Gasteiger partial charge on any atom is 0.337 e. The van der Waals surface area contributed by atoms with Gasteiger partial charge in [-0.15, -0.1) is 17.0 Å². The van der Waals surface area contributed by atoms with Gasteiger partial charge in [0.05, 0.1) is 26.9 Å². The van der Waals surface area contributed by atoms with Crippen LogP contribution in [0.25, 0.3) is 0 Å². The van der Waals surface area contributed by atoms with Gasteiger partial charge in [-0.2, -0.15) is 0 Å². The summed E-state index contributed by atoms with van der Waals surface area (Å²) in [6, 6.07) is 15.3. The second kappa shape index (κ2) is 26.5. The van der Waals surface area contributed by atoms with E-state index < -0.39 is 27.7 Å². The van der Waals surface area contributed by atoms with Crippen molar-refractivity contribution >= 4 is 40.3 Å². The highest BCUT2D eigenvalue weighted by molar-refractivity contribution is 8.93. The van der Waals surface area contributed by atoms with E-state index in [9.17, 15) is 29.8 Å². The van der Waals surface area contributed by atoms with E-state index >= 15 is 0 Å². The Bertz CT molecular complexity index is 1750. The van der Waals surface area contributed by atoms with Gasteiger partial charge in [-0.05, 0) is 61.7 Å². The lowest BCUT2D eigenvalue weighted by Gasteiger charge is -2.30. The fraction of sp³-hybridized carbons (Fsp3) is 0.477. The molecule has 0 saturated heterocycles. The number of carbonyl (C=O) groups is 2. The number of nitro groups is 2. The van der Waals surface area contributed by atoms with Crippen molar-refractivity contribution in [2.45, 2.75) is 136 Å². The van der Waals surface area contributed by atoms with E-state index in [1.54, 1.807) is 13.8 Å². The van der Waals surface area contributed by atoms with E-state index in [1.807, 2.05) is 24.5 Å². The number of esters is 2. The van der Waals surface area contributed by atoms with Gasteiger partial charge in [-0.1, -0.05) is 84.0 Å². The fourth-order valence-corrected chi connectivity index (χ4v) is 7.09. The topological polar surface area (TPSA) is 155 Å². The minimum Gasteiger partial charge on any atom is -1.00 e. The molecule has 2 heterocycles. The van der Waals surface area contributed by atoms with Gasteiger partial charge in [0.1, 0.15) is 19.8 Å². The van der Waals surface area contributed by atoms with Crippen LogP contribution in [0.1, 0.15) is 133 Å². The Kier molecular flexibility index (Phi) is 22.8. The summed E-state index contributed by atoms with van der Waals surface area (Å²) < 4.78 is 13.6. The molecule has 0 spiro atoms. The van der Waals surface area contributed by atoms with Crippen molar-refractivity contribution in [2.24, 2.45) is 0 Å². The van der Waals surface area contributed by atoms with Crippen molar-refractivity contribution < 1.29 is 50.5 Å². The Morgan fingerprint density at radius 1 is 0.655 bits per heavy atom. The number of ether oxygens (including phenoxy) is 2. The summed E-state index contributed by atoms with van der Waals surface area (Å²) in [4.78, 5) is 49.1. The molecule has 1 aromatic heterocycles. The molecule has 2 aromatic carbocycles. The molecule has 4 rings (SSSR count). The number of aromatic nitrogens is 1. The highest BCUT2D eigenvalue weighted by atomic mass is 79.9. The molecule has 0 unspecified atom stereocenters. The molecule has 1 aliphatic heterocycles. The number of hydrogen-bond acceptors (Lipinski definition) is 9. The predicted octanol–water partition coefficient (Wildman–Crippen LogP) is 7.58. The lowest BCUT2D eigenvalue weighted by Crippen LogP contribution is -3.00. The number of allylic oxidation sites excluding steroid dienone is 2. The number of nitro benzene ring substituents is 2. The van der Waals surface area contributed by atoms with Crippen LogP contribution in [0.3, 0.4) is 0 Å². The van der Waals surface area contributed by atoms with Gasteiger partial charge < -0.3 is 31.8 Å². The lowest BCUT2D eigenvalue weighted by molar-refractivity contribution is -0.697. The summed E-state index contributed by atoms with van der Waals surface area (Å²) in [5, 5.41) is 25.4. The number of dihydropyridines is 1. The molecule has 58 heavy (non-hydrogen) atoms. The number of halogens is 2. The highest BCUT2D eigenvalue weighted by Crippen LogP contribution is 2.39. The fourth-order valence-electron chi connectivity index (χ4n) is 7.09. The number of non-ortho nitro benzene ring substituents is 2. The summed E-state index contributed by atoms with van der Waals surface area (Å²) >= 11 is 0. The standard InChI is InChI=1S/C44H56N4O8.2BrH/c1-4-5-6-7-8-9-10-11-12-13-14-15-16-17-28-46-29-18-19-37(30-46)42-40(43(49)55-31-35-20-24-38(25-21-35)47(51)52)33(2)45-34(3)41(42)44(50)56-32-36-22-26-39(27-23-36)48(53)54;;/h18-27,29-30,42H,4-17,28,31-32H2,1-3H3;2*1H. The van der Waals surface area contributed by atoms with Crippen molar-refractivity contribution in [3.63, 3.8) is 0 Å². The van der Waals surface area contributed by atoms with Gasteiger partial charge >= 0.3 is 11.9 Å². The second-order valence-electron chi connectivity index (χ2n) is 14.6. The number of carbonyl (C=O) groups excluding carboxylic acids is 2. The van der Waals surface area contributed by atoms with Gasteiger partial charge in [-0.3, -0.25) is 20.2 Å². The third-order valence-electron chi connectivity index (χ3n) is 10.2. The van der Waals surface area contributed by atoms with Gasteiger partial charge in [0.15, 0.2) is 12.4 Å². The number of hydrogen-bond donors (Lipinski definition) is 1. The maximum atomic E-state index is 13.9. The molecule has 3 aromatic rings. The van der Waals surface area contributed by atoms with E-state index in [2.05, 4.69) is 16.8 Å². The molecule has 1 N–H and O–H groups in total. The molecule has 0 atom stereocenters. The first kappa shape index (κ1) is 49.7. The number of rotatable bonds is 24. The maximum absolute atomic E-state index is 13.9. The average molecular weight is 931 g/mol. The zero-order valence-corrected chi connectivity index (χ0v) is 37.2. The zero-order valence-electron chi connectivity index (χ0n) is 33.9. The first-order valence-corrected chi connectivity index (χ1v) is 20.1. The molecule has 0 bridgehead atoms. The van der Waals surface area contributed by atoms with Crippen LogP contribution in [-0.4, -0.2) is 21.8 Å². The van der Waals surface area contributed by atoms with Crippen LogP contribution in [0.15, 0.2) is 95.6 Å². The number of nitrogens with one attached hydrogen (secondary N) is 1. The van der Waals surface area contributed by atoms with Crippen LogP contribution >= 0.6 is 17.0 Å². The van der Waals surface area contributed by atoms with Crippen molar-refractivity contribution in [1.29, 1.82) is 0 Å². The summed E-state index contributed by atoms with van der Waals surface area (Å²) in [5.41, 5.74) is 3.25. The number of benzene rings is 2. The van der Waals surface area contributed by atoms with Crippen LogP contribution in [0.4, 0.5) is 11.4 Å². The Balaban J connectivity index is 0.00000580. The van der Waals surface area contributed by atoms with Gasteiger partial charge in [-0.25, -0.2) is 14.2 Å². The third-order valence-corrected chi connectivity index (χ3v) is 10.2. The van der Waals surface area contributed by atoms with Crippen LogP contribution in [-0.2, 0) is 38.8 Å². The highest BCUT2D eigenvalue weighted by Gasteiger charge is 2.39. The minimum atomic E-state index is -0.825. The predicted molar refractivity (Wildman–Crippen MR) is 224 cm³/mol. The average Bonchev–Trinajstić information content (AvgIpc) is 3.19. The molecule has 0 saturated carbocycles. The normalized spacial score (nSPS) is 12.6. The number of pyridine rings is 1. The molecular weight excluding hydrogens is 872 g/mol.